The normalized spacial score (nSPS) is 8.50. The summed E-state index contributed by atoms with van der Waals surface area (Å²) in [6, 6.07) is 0. The van der Waals surface area contributed by atoms with Crippen molar-refractivity contribution in [1.29, 1.82) is 5.41 Å². The van der Waals surface area contributed by atoms with Gasteiger partial charge in [-0.05, 0) is 10.8 Å². The van der Waals surface area contributed by atoms with Crippen LogP contribution >= 0.6 is 21.6 Å². The lowest BCUT2D eigenvalue weighted by Crippen LogP contribution is -2.00. The van der Waals surface area contributed by atoms with Crippen molar-refractivity contribution in [3.63, 3.8) is 0 Å². The third-order valence-corrected chi connectivity index (χ3v) is 2.30. The third-order valence-electron chi connectivity index (χ3n) is 0.335. The van der Waals surface area contributed by atoms with Crippen LogP contribution in [0, 0.1) is 5.41 Å². The first-order chi connectivity index (χ1) is 3.77. The monoisotopic (exact) mass is 148 g/mol. The largest absolute Gasteiger partial charge is 0.378 e. The van der Waals surface area contributed by atoms with Crippen LogP contribution in [0.3, 0.4) is 0 Å². The van der Waals surface area contributed by atoms with Crippen LogP contribution in [0.1, 0.15) is 0 Å². The van der Waals surface area contributed by atoms with E-state index >= 15 is 0 Å². The summed E-state index contributed by atoms with van der Waals surface area (Å²) in [6.45, 7) is 3.51. The van der Waals surface area contributed by atoms with Crippen molar-refractivity contribution >= 4 is 26.8 Å². The Hall–Kier alpha value is -0.0900. The molecule has 4 heteroatoms. The Morgan fingerprint density at radius 1 is 1.88 bits per heavy atom. The number of rotatable bonds is 3. The first-order valence-electron chi connectivity index (χ1n) is 2.01. The summed E-state index contributed by atoms with van der Waals surface area (Å²) < 4.78 is 0. The molecule has 0 rings (SSSR count). The summed E-state index contributed by atoms with van der Waals surface area (Å²) in [5.41, 5.74) is 5.02. The van der Waals surface area contributed by atoms with E-state index in [1.807, 2.05) is 0 Å². The highest BCUT2D eigenvalue weighted by atomic mass is 33.1. The van der Waals surface area contributed by atoms with Crippen LogP contribution in [0.2, 0.25) is 0 Å². The summed E-state index contributed by atoms with van der Waals surface area (Å²) >= 11 is 0. The van der Waals surface area contributed by atoms with E-state index in [9.17, 15) is 0 Å². The topological polar surface area (TPSA) is 49.9 Å². The van der Waals surface area contributed by atoms with Crippen molar-refractivity contribution in [2.75, 3.05) is 5.75 Å². The first-order valence-corrected chi connectivity index (χ1v) is 4.33. The molecule has 3 N–H and O–H groups in total. The van der Waals surface area contributed by atoms with E-state index in [1.165, 1.54) is 21.6 Å². The highest BCUT2D eigenvalue weighted by Gasteiger charge is 1.86. The van der Waals surface area contributed by atoms with E-state index in [1.54, 1.807) is 6.08 Å². The molecule has 0 aliphatic rings. The molecule has 2 nitrogen and oxygen atoms in total. The van der Waals surface area contributed by atoms with Crippen molar-refractivity contribution in [1.82, 2.24) is 0 Å². The van der Waals surface area contributed by atoms with Gasteiger partial charge in [0.25, 0.3) is 0 Å². The van der Waals surface area contributed by atoms with E-state index in [0.717, 1.165) is 5.75 Å². The van der Waals surface area contributed by atoms with Crippen LogP contribution < -0.4 is 5.73 Å². The van der Waals surface area contributed by atoms with E-state index in [2.05, 4.69) is 6.58 Å². The minimum Gasteiger partial charge on any atom is -0.378 e. The van der Waals surface area contributed by atoms with Gasteiger partial charge in [-0.15, -0.1) is 6.58 Å². The molecule has 0 saturated carbocycles. The molecular formula is C4H8N2S2. The van der Waals surface area contributed by atoms with Gasteiger partial charge < -0.3 is 5.73 Å². The first kappa shape index (κ1) is 7.91. The third kappa shape index (κ3) is 5.91. The zero-order valence-corrected chi connectivity index (χ0v) is 6.02. The maximum absolute atomic E-state index is 6.76. The van der Waals surface area contributed by atoms with Crippen LogP contribution in [0.4, 0.5) is 0 Å². The molecule has 0 aromatic carbocycles. The van der Waals surface area contributed by atoms with Gasteiger partial charge in [-0.1, -0.05) is 16.9 Å². The molecule has 0 amide bonds. The average Bonchev–Trinajstić information content (AvgIpc) is 1.66. The van der Waals surface area contributed by atoms with Crippen LogP contribution in [-0.4, -0.2) is 10.9 Å². The molecule has 0 atom stereocenters. The zero-order valence-electron chi connectivity index (χ0n) is 4.39. The predicted molar refractivity (Wildman–Crippen MR) is 42.2 cm³/mol. The van der Waals surface area contributed by atoms with Gasteiger partial charge in [0.05, 0.1) is 0 Å². The lowest BCUT2D eigenvalue weighted by molar-refractivity contribution is 1.51. The fourth-order valence-corrected chi connectivity index (χ4v) is 1.31. The predicted octanol–water partition coefficient (Wildman–Crippen LogP) is 1.45. The average molecular weight is 148 g/mol. The van der Waals surface area contributed by atoms with E-state index in [4.69, 9.17) is 11.1 Å². The van der Waals surface area contributed by atoms with Gasteiger partial charge in [-0.3, -0.25) is 5.41 Å². The molecule has 8 heavy (non-hydrogen) atoms. The van der Waals surface area contributed by atoms with Crippen molar-refractivity contribution in [2.24, 2.45) is 5.73 Å². The Balaban J connectivity index is 2.93. The second-order valence-corrected chi connectivity index (χ2v) is 3.40. The smallest absolute Gasteiger partial charge is 0.161 e. The highest BCUT2D eigenvalue weighted by molar-refractivity contribution is 8.82. The molecular weight excluding hydrogens is 140 g/mol. The summed E-state index contributed by atoms with van der Waals surface area (Å²) in [7, 11) is 2.77. The Morgan fingerprint density at radius 2 is 2.50 bits per heavy atom. The zero-order chi connectivity index (χ0) is 6.41. The molecule has 0 radical (unpaired) electrons. The number of nitrogens with two attached hydrogens (primary N) is 1. The summed E-state index contributed by atoms with van der Waals surface area (Å²) in [6.07, 6.45) is 1.78. The van der Waals surface area contributed by atoms with Crippen molar-refractivity contribution in [2.45, 2.75) is 0 Å². The standard InChI is InChI=1S/C4H8N2S2/c1-2-3-7-8-4(5)6/h2H,1,3H2,(H3,5,6). The maximum Gasteiger partial charge on any atom is 0.161 e. The SMILES string of the molecule is C=CCSSC(=N)N. The number of hydrogen-bond acceptors (Lipinski definition) is 3. The molecule has 46 valence electrons. The summed E-state index contributed by atoms with van der Waals surface area (Å²) in [4.78, 5) is 0. The lowest BCUT2D eigenvalue weighted by atomic mass is 10.8. The Labute approximate surface area is 56.8 Å². The molecule has 0 fully saturated rings. The van der Waals surface area contributed by atoms with E-state index in [0.29, 0.717) is 0 Å². The van der Waals surface area contributed by atoms with E-state index in [-0.39, 0.29) is 5.17 Å². The molecule has 0 saturated heterocycles. The molecule has 0 aliphatic carbocycles. The van der Waals surface area contributed by atoms with Gasteiger partial charge in [0.1, 0.15) is 0 Å². The second kappa shape index (κ2) is 5.05. The van der Waals surface area contributed by atoms with Crippen molar-refractivity contribution < 1.29 is 0 Å². The number of amidine groups is 1. The molecule has 0 aromatic heterocycles. The molecule has 0 heterocycles. The van der Waals surface area contributed by atoms with Gasteiger partial charge in [-0.25, -0.2) is 0 Å². The molecule has 0 spiro atoms. The van der Waals surface area contributed by atoms with Gasteiger partial charge in [0.15, 0.2) is 5.17 Å². The number of nitrogens with one attached hydrogen (secondary N) is 1. The van der Waals surface area contributed by atoms with Crippen LogP contribution in [-0.2, 0) is 0 Å². The fraction of sp³-hybridized carbons (Fsp3) is 0.250. The molecule has 0 aliphatic heterocycles. The quantitative estimate of drug-likeness (QED) is 0.209. The highest BCUT2D eigenvalue weighted by Crippen LogP contribution is 2.19. The van der Waals surface area contributed by atoms with Crippen LogP contribution in [0.15, 0.2) is 12.7 Å². The van der Waals surface area contributed by atoms with Gasteiger partial charge in [0.2, 0.25) is 0 Å². The molecule has 0 aromatic rings. The Morgan fingerprint density at radius 3 is 2.88 bits per heavy atom. The molecule has 0 unspecified atom stereocenters. The Kier molecular flexibility index (Phi) is 5.00. The van der Waals surface area contributed by atoms with Crippen LogP contribution in [0.5, 0.6) is 0 Å². The minimum atomic E-state index is 0.150. The molecule has 0 bridgehead atoms. The van der Waals surface area contributed by atoms with Gasteiger partial charge in [-0.2, -0.15) is 0 Å². The maximum atomic E-state index is 6.76. The fourth-order valence-electron chi connectivity index (χ4n) is 0.146. The minimum absolute atomic E-state index is 0.150. The van der Waals surface area contributed by atoms with E-state index < -0.39 is 0 Å². The van der Waals surface area contributed by atoms with Gasteiger partial charge in [0, 0.05) is 5.75 Å². The number of hydrogen-bond donors (Lipinski definition) is 2. The lowest BCUT2D eigenvalue weighted by Gasteiger charge is -1.90. The second-order valence-electron chi connectivity index (χ2n) is 1.02. The van der Waals surface area contributed by atoms with Crippen molar-refractivity contribution in [3.8, 4) is 0 Å². The summed E-state index contributed by atoms with van der Waals surface area (Å²) in [5.74, 6) is 0.838. The van der Waals surface area contributed by atoms with Crippen molar-refractivity contribution in [3.05, 3.63) is 12.7 Å². The van der Waals surface area contributed by atoms with Crippen LogP contribution in [0.25, 0.3) is 0 Å². The Bertz CT molecular complexity index is 92.0. The van der Waals surface area contributed by atoms with Gasteiger partial charge >= 0.3 is 0 Å². The summed E-state index contributed by atoms with van der Waals surface area (Å²) in [5, 5.41) is 6.91.